The van der Waals surface area contributed by atoms with Crippen LogP contribution in [-0.2, 0) is 0 Å². The van der Waals surface area contributed by atoms with Crippen LogP contribution in [0.2, 0.25) is 5.02 Å². The maximum absolute atomic E-state index is 12.1. The first-order chi connectivity index (χ1) is 7.68. The molecule has 0 aromatic heterocycles. The van der Waals surface area contributed by atoms with Crippen molar-refractivity contribution >= 4 is 23.2 Å². The normalized spacial score (nSPS) is 16.2. The number of piperazine rings is 1. The molecule has 1 aromatic carbocycles. The maximum atomic E-state index is 12.1. The van der Waals surface area contributed by atoms with Crippen LogP contribution in [0.25, 0.3) is 0 Å². The van der Waals surface area contributed by atoms with Gasteiger partial charge in [-0.2, -0.15) is 0 Å². The van der Waals surface area contributed by atoms with Crippen molar-refractivity contribution in [3.8, 4) is 0 Å². The number of halogens is 1. The second-order valence-corrected chi connectivity index (χ2v) is 4.19. The first-order valence-electron chi connectivity index (χ1n) is 5.23. The summed E-state index contributed by atoms with van der Waals surface area (Å²) in [6.45, 7) is 3.16. The highest BCUT2D eigenvalue weighted by Crippen LogP contribution is 2.20. The Kier molecular flexibility index (Phi) is 3.31. The molecule has 1 heterocycles. The van der Waals surface area contributed by atoms with E-state index < -0.39 is 0 Å². The van der Waals surface area contributed by atoms with Crippen LogP contribution in [-0.4, -0.2) is 37.0 Å². The third-order valence-corrected chi connectivity index (χ3v) is 2.99. The van der Waals surface area contributed by atoms with E-state index in [1.165, 1.54) is 0 Å². The van der Waals surface area contributed by atoms with E-state index in [1.807, 2.05) is 4.90 Å². The highest BCUT2D eigenvalue weighted by molar-refractivity contribution is 6.33. The molecule has 0 spiro atoms. The lowest BCUT2D eigenvalue weighted by atomic mass is 10.1. The second-order valence-electron chi connectivity index (χ2n) is 3.78. The molecule has 5 heteroatoms. The Morgan fingerprint density at radius 1 is 1.38 bits per heavy atom. The predicted octanol–water partition coefficient (Wildman–Crippen LogP) is 0.968. The van der Waals surface area contributed by atoms with Crippen LogP contribution >= 0.6 is 11.6 Å². The summed E-state index contributed by atoms with van der Waals surface area (Å²) in [6, 6.07) is 5.00. The van der Waals surface area contributed by atoms with E-state index in [2.05, 4.69) is 5.32 Å². The molecule has 0 bridgehead atoms. The van der Waals surface area contributed by atoms with Crippen LogP contribution in [0.1, 0.15) is 10.4 Å². The third kappa shape index (κ3) is 2.28. The van der Waals surface area contributed by atoms with Crippen LogP contribution in [0.3, 0.4) is 0 Å². The van der Waals surface area contributed by atoms with E-state index in [9.17, 15) is 4.79 Å². The highest BCUT2D eigenvalue weighted by atomic mass is 35.5. The van der Waals surface area contributed by atoms with Crippen molar-refractivity contribution in [2.24, 2.45) is 0 Å². The summed E-state index contributed by atoms with van der Waals surface area (Å²) >= 11 is 5.81. The fraction of sp³-hybridized carbons (Fsp3) is 0.364. The molecule has 0 saturated carbocycles. The third-order valence-electron chi connectivity index (χ3n) is 2.65. The standard InChI is InChI=1S/C11H14ClN3O/c12-9-2-1-8(7-10(9)13)11(16)15-5-3-14-4-6-15/h1-2,7,14H,3-6,13H2. The predicted molar refractivity (Wildman–Crippen MR) is 64.6 cm³/mol. The molecule has 2 rings (SSSR count). The van der Waals surface area contributed by atoms with E-state index in [0.717, 1.165) is 26.2 Å². The van der Waals surface area contributed by atoms with Crippen LogP contribution in [0.15, 0.2) is 18.2 Å². The number of amides is 1. The molecule has 0 unspecified atom stereocenters. The maximum Gasteiger partial charge on any atom is 0.254 e. The summed E-state index contributed by atoms with van der Waals surface area (Å²) in [6.07, 6.45) is 0. The van der Waals surface area contributed by atoms with Crippen molar-refractivity contribution in [2.45, 2.75) is 0 Å². The molecule has 1 amide bonds. The van der Waals surface area contributed by atoms with E-state index in [0.29, 0.717) is 16.3 Å². The van der Waals surface area contributed by atoms with Gasteiger partial charge in [0.25, 0.3) is 5.91 Å². The number of nitrogens with one attached hydrogen (secondary N) is 1. The van der Waals surface area contributed by atoms with Gasteiger partial charge in [0.05, 0.1) is 10.7 Å². The number of carbonyl (C=O) groups excluding carboxylic acids is 1. The molecular formula is C11H14ClN3O. The monoisotopic (exact) mass is 239 g/mol. The van der Waals surface area contributed by atoms with Gasteiger partial charge in [0, 0.05) is 31.7 Å². The summed E-state index contributed by atoms with van der Waals surface area (Å²) in [5.41, 5.74) is 6.72. The fourth-order valence-electron chi connectivity index (χ4n) is 1.73. The average Bonchev–Trinajstić information content (AvgIpc) is 2.33. The van der Waals surface area contributed by atoms with Crippen LogP contribution in [0.5, 0.6) is 0 Å². The van der Waals surface area contributed by atoms with Gasteiger partial charge in [-0.25, -0.2) is 0 Å². The van der Waals surface area contributed by atoms with Crippen molar-refractivity contribution in [3.05, 3.63) is 28.8 Å². The Morgan fingerprint density at radius 2 is 2.06 bits per heavy atom. The molecule has 4 nitrogen and oxygen atoms in total. The Labute approximate surface area is 99.4 Å². The lowest BCUT2D eigenvalue weighted by Crippen LogP contribution is -2.46. The highest BCUT2D eigenvalue weighted by Gasteiger charge is 2.18. The Hall–Kier alpha value is -1.26. The largest absolute Gasteiger partial charge is 0.398 e. The Balaban J connectivity index is 2.16. The number of nitrogen functional groups attached to an aromatic ring is 1. The molecule has 0 aliphatic carbocycles. The zero-order valence-electron chi connectivity index (χ0n) is 8.87. The first kappa shape index (κ1) is 11.2. The summed E-state index contributed by atoms with van der Waals surface area (Å²) in [5.74, 6) is 0.0184. The van der Waals surface area contributed by atoms with Crippen molar-refractivity contribution in [1.82, 2.24) is 10.2 Å². The van der Waals surface area contributed by atoms with Crippen molar-refractivity contribution < 1.29 is 4.79 Å². The molecule has 1 aromatic rings. The molecule has 0 radical (unpaired) electrons. The van der Waals surface area contributed by atoms with E-state index in [1.54, 1.807) is 18.2 Å². The molecule has 1 saturated heterocycles. The van der Waals surface area contributed by atoms with Crippen molar-refractivity contribution in [2.75, 3.05) is 31.9 Å². The van der Waals surface area contributed by atoms with Gasteiger partial charge in [-0.3, -0.25) is 4.79 Å². The molecule has 0 atom stereocenters. The number of anilines is 1. The number of rotatable bonds is 1. The number of benzene rings is 1. The number of carbonyl (C=O) groups is 1. The van der Waals surface area contributed by atoms with Gasteiger partial charge in [-0.05, 0) is 18.2 Å². The Morgan fingerprint density at radius 3 is 2.69 bits per heavy atom. The summed E-state index contributed by atoms with van der Waals surface area (Å²) in [4.78, 5) is 13.9. The zero-order valence-corrected chi connectivity index (χ0v) is 9.63. The molecule has 16 heavy (non-hydrogen) atoms. The van der Waals surface area contributed by atoms with E-state index >= 15 is 0 Å². The van der Waals surface area contributed by atoms with Crippen molar-refractivity contribution in [1.29, 1.82) is 0 Å². The molecule has 1 fully saturated rings. The summed E-state index contributed by atoms with van der Waals surface area (Å²) in [5, 5.41) is 3.69. The van der Waals surface area contributed by atoms with Crippen LogP contribution in [0.4, 0.5) is 5.69 Å². The number of nitrogens with two attached hydrogens (primary N) is 1. The van der Waals surface area contributed by atoms with Gasteiger partial charge >= 0.3 is 0 Å². The fourth-order valence-corrected chi connectivity index (χ4v) is 1.84. The molecule has 1 aliphatic rings. The SMILES string of the molecule is Nc1cc(C(=O)N2CCNCC2)ccc1Cl. The minimum atomic E-state index is 0.0184. The molecule has 3 N–H and O–H groups in total. The van der Waals surface area contributed by atoms with Gasteiger partial charge in [-0.1, -0.05) is 11.6 Å². The molecular weight excluding hydrogens is 226 g/mol. The van der Waals surface area contributed by atoms with Crippen molar-refractivity contribution in [3.63, 3.8) is 0 Å². The topological polar surface area (TPSA) is 58.4 Å². The second kappa shape index (κ2) is 4.72. The van der Waals surface area contributed by atoms with E-state index in [-0.39, 0.29) is 5.91 Å². The zero-order chi connectivity index (χ0) is 11.5. The minimum absolute atomic E-state index is 0.0184. The number of hydrogen-bond donors (Lipinski definition) is 2. The summed E-state index contributed by atoms with van der Waals surface area (Å²) < 4.78 is 0. The van der Waals surface area contributed by atoms with Gasteiger partial charge < -0.3 is 16.0 Å². The van der Waals surface area contributed by atoms with E-state index in [4.69, 9.17) is 17.3 Å². The quantitative estimate of drug-likeness (QED) is 0.718. The van der Waals surface area contributed by atoms with Crippen LogP contribution in [0, 0.1) is 0 Å². The first-order valence-corrected chi connectivity index (χ1v) is 5.61. The average molecular weight is 240 g/mol. The smallest absolute Gasteiger partial charge is 0.254 e. The van der Waals surface area contributed by atoms with Gasteiger partial charge in [-0.15, -0.1) is 0 Å². The van der Waals surface area contributed by atoms with Gasteiger partial charge in [0.1, 0.15) is 0 Å². The minimum Gasteiger partial charge on any atom is -0.398 e. The molecule has 86 valence electrons. The number of hydrogen-bond acceptors (Lipinski definition) is 3. The lowest BCUT2D eigenvalue weighted by Gasteiger charge is -2.27. The van der Waals surface area contributed by atoms with Gasteiger partial charge in [0.15, 0.2) is 0 Å². The number of nitrogens with zero attached hydrogens (tertiary/aromatic N) is 1. The van der Waals surface area contributed by atoms with Crippen LogP contribution < -0.4 is 11.1 Å². The summed E-state index contributed by atoms with van der Waals surface area (Å²) in [7, 11) is 0. The van der Waals surface area contributed by atoms with Gasteiger partial charge in [0.2, 0.25) is 0 Å². The lowest BCUT2D eigenvalue weighted by molar-refractivity contribution is 0.0736. The molecule has 1 aliphatic heterocycles. The Bertz CT molecular complexity index is 402.